The van der Waals surface area contributed by atoms with Crippen molar-refractivity contribution in [2.24, 2.45) is 5.92 Å². The predicted octanol–water partition coefficient (Wildman–Crippen LogP) is 2.69. The lowest BCUT2D eigenvalue weighted by molar-refractivity contribution is -0.134. The number of hydrogen-bond donors (Lipinski definition) is 3. The van der Waals surface area contributed by atoms with Crippen LogP contribution in [0.1, 0.15) is 33.3 Å². The van der Waals surface area contributed by atoms with Crippen molar-refractivity contribution < 1.29 is 27.9 Å². The zero-order valence-electron chi connectivity index (χ0n) is 22.5. The Balaban J connectivity index is 1.95. The summed E-state index contributed by atoms with van der Waals surface area (Å²) in [5.41, 5.74) is 0.801. The lowest BCUT2D eigenvalue weighted by atomic mass is 10.0. The minimum Gasteiger partial charge on any atom is -0.488 e. The number of hydrogen-bond acceptors (Lipinski definition) is 6. The van der Waals surface area contributed by atoms with Gasteiger partial charge in [0.25, 0.3) is 10.0 Å². The van der Waals surface area contributed by atoms with E-state index in [9.17, 15) is 23.1 Å². The number of rotatable bonds is 8. The van der Waals surface area contributed by atoms with Gasteiger partial charge in [-0.05, 0) is 51.1 Å². The maximum absolute atomic E-state index is 13.4. The van der Waals surface area contributed by atoms with Gasteiger partial charge in [0.1, 0.15) is 11.9 Å². The van der Waals surface area contributed by atoms with E-state index < -0.39 is 22.2 Å². The number of amides is 3. The number of aliphatic hydroxyl groups excluding tert-OH is 1. The first-order valence-electron chi connectivity index (χ1n) is 12.7. The number of nitrogens with one attached hydrogen (secondary N) is 2. The molecule has 0 spiro atoms. The lowest BCUT2D eigenvalue weighted by Crippen LogP contribution is -2.49. The third kappa shape index (κ3) is 7.38. The summed E-state index contributed by atoms with van der Waals surface area (Å²) in [4.78, 5) is 29.2. The van der Waals surface area contributed by atoms with E-state index in [1.165, 1.54) is 12.1 Å². The fourth-order valence-corrected chi connectivity index (χ4v) is 5.31. The van der Waals surface area contributed by atoms with Gasteiger partial charge in [0.2, 0.25) is 5.91 Å². The normalized spacial score (nSPS) is 18.9. The van der Waals surface area contributed by atoms with Crippen molar-refractivity contribution in [3.63, 3.8) is 0 Å². The Bertz CT molecular complexity index is 1220. The van der Waals surface area contributed by atoms with E-state index in [-0.39, 0.29) is 48.4 Å². The smallest absolute Gasteiger partial charge is 0.317 e. The number of benzene rings is 2. The van der Waals surface area contributed by atoms with Gasteiger partial charge in [-0.3, -0.25) is 9.52 Å². The highest BCUT2D eigenvalue weighted by atomic mass is 32.2. The molecule has 0 bridgehead atoms. The Morgan fingerprint density at radius 2 is 1.87 bits per heavy atom. The first-order chi connectivity index (χ1) is 17.9. The third-order valence-corrected chi connectivity index (χ3v) is 7.83. The van der Waals surface area contributed by atoms with E-state index in [4.69, 9.17) is 4.74 Å². The van der Waals surface area contributed by atoms with E-state index in [0.29, 0.717) is 23.5 Å². The molecule has 0 saturated heterocycles. The topological polar surface area (TPSA) is 128 Å². The summed E-state index contributed by atoms with van der Waals surface area (Å²) in [5, 5.41) is 12.7. The molecule has 208 valence electrons. The number of urea groups is 1. The molecule has 0 unspecified atom stereocenters. The molecule has 0 aromatic heterocycles. The number of nitrogens with zero attached hydrogens (tertiary/aromatic N) is 2. The lowest BCUT2D eigenvalue weighted by Gasteiger charge is -2.34. The average molecular weight is 547 g/mol. The molecule has 3 atom stereocenters. The third-order valence-electron chi connectivity index (χ3n) is 6.43. The van der Waals surface area contributed by atoms with Crippen LogP contribution < -0.4 is 14.8 Å². The average Bonchev–Trinajstić information content (AvgIpc) is 2.91. The van der Waals surface area contributed by atoms with Gasteiger partial charge in [0.05, 0.1) is 30.5 Å². The highest BCUT2D eigenvalue weighted by molar-refractivity contribution is 7.92. The SMILES string of the molecule is CC(C)NC(=O)N(C)C[C@@H]1Oc2ccc(NS(=O)(=O)c3ccccc3)cc2CC(=O)N([C@H](C)CO)C[C@H]1C. The minimum atomic E-state index is -3.83. The van der Waals surface area contributed by atoms with Crippen LogP contribution in [0, 0.1) is 5.92 Å². The van der Waals surface area contributed by atoms with Crippen LogP contribution in [0.4, 0.5) is 10.5 Å². The maximum atomic E-state index is 13.4. The number of ether oxygens (including phenoxy) is 1. The van der Waals surface area contributed by atoms with Gasteiger partial charge < -0.3 is 25.0 Å². The second-order valence-corrected chi connectivity index (χ2v) is 11.8. The minimum absolute atomic E-state index is 0.0267. The van der Waals surface area contributed by atoms with E-state index in [0.717, 1.165) is 0 Å². The van der Waals surface area contributed by atoms with Crippen LogP contribution in [0.2, 0.25) is 0 Å². The molecule has 0 fully saturated rings. The quantitative estimate of drug-likeness (QED) is 0.467. The Labute approximate surface area is 225 Å². The van der Waals surface area contributed by atoms with Gasteiger partial charge in [-0.1, -0.05) is 25.1 Å². The van der Waals surface area contributed by atoms with Gasteiger partial charge in [0.15, 0.2) is 0 Å². The van der Waals surface area contributed by atoms with Crippen LogP contribution in [0.15, 0.2) is 53.4 Å². The molecule has 3 N–H and O–H groups in total. The van der Waals surface area contributed by atoms with Crippen molar-refractivity contribution in [2.75, 3.05) is 31.5 Å². The van der Waals surface area contributed by atoms with Crippen molar-refractivity contribution in [3.8, 4) is 5.75 Å². The molecule has 2 aromatic carbocycles. The van der Waals surface area contributed by atoms with Crippen LogP contribution in [-0.4, -0.2) is 80.2 Å². The van der Waals surface area contributed by atoms with Crippen LogP contribution in [0.25, 0.3) is 0 Å². The summed E-state index contributed by atoms with van der Waals surface area (Å²) in [5.74, 6) is 0.0522. The molecule has 1 heterocycles. The first-order valence-corrected chi connectivity index (χ1v) is 14.2. The molecule has 3 rings (SSSR count). The van der Waals surface area contributed by atoms with E-state index in [1.54, 1.807) is 60.2 Å². The van der Waals surface area contributed by atoms with Crippen LogP contribution in [0.3, 0.4) is 0 Å². The Hall–Kier alpha value is -3.31. The van der Waals surface area contributed by atoms with Gasteiger partial charge in [-0.15, -0.1) is 0 Å². The second kappa shape index (κ2) is 12.5. The molecule has 38 heavy (non-hydrogen) atoms. The number of aliphatic hydroxyl groups is 1. The summed E-state index contributed by atoms with van der Waals surface area (Å²) in [6.07, 6.45) is -0.508. The zero-order valence-corrected chi connectivity index (χ0v) is 23.4. The molecule has 3 amide bonds. The standard InChI is InChI=1S/C27H38N4O6S/c1-18(2)28-27(34)30(5)16-25-19(3)15-31(20(4)17-32)26(33)14-21-13-22(11-12-24(21)37-25)29-38(35,36)23-9-7-6-8-10-23/h6-13,18-20,25,29,32H,14-17H2,1-5H3,(H,28,34)/t19-,20-,25+/m1/s1. The Morgan fingerprint density at radius 1 is 1.18 bits per heavy atom. The highest BCUT2D eigenvalue weighted by Crippen LogP contribution is 2.30. The van der Waals surface area contributed by atoms with Crippen molar-refractivity contribution in [1.29, 1.82) is 0 Å². The fraction of sp³-hybridized carbons (Fsp3) is 0.481. The van der Waals surface area contributed by atoms with Gasteiger partial charge in [-0.25, -0.2) is 13.2 Å². The number of likely N-dealkylation sites (N-methyl/N-ethyl adjacent to an activating group) is 1. The molecule has 1 aliphatic heterocycles. The van der Waals surface area contributed by atoms with Crippen molar-refractivity contribution in [3.05, 3.63) is 54.1 Å². The number of carbonyl (C=O) groups is 2. The zero-order chi connectivity index (χ0) is 28.0. The van der Waals surface area contributed by atoms with Crippen LogP contribution in [-0.2, 0) is 21.2 Å². The largest absolute Gasteiger partial charge is 0.488 e. The van der Waals surface area contributed by atoms with Crippen molar-refractivity contribution in [2.45, 2.75) is 57.2 Å². The molecule has 1 aliphatic rings. The second-order valence-electron chi connectivity index (χ2n) is 10.1. The van der Waals surface area contributed by atoms with E-state index in [2.05, 4.69) is 10.0 Å². The molecular formula is C27H38N4O6S. The van der Waals surface area contributed by atoms with Crippen LogP contribution in [0.5, 0.6) is 5.75 Å². The van der Waals surface area contributed by atoms with Crippen molar-refractivity contribution >= 4 is 27.6 Å². The number of fused-ring (bicyclic) bond motifs is 1. The Morgan fingerprint density at radius 3 is 2.50 bits per heavy atom. The monoisotopic (exact) mass is 546 g/mol. The van der Waals surface area contributed by atoms with E-state index >= 15 is 0 Å². The van der Waals surface area contributed by atoms with Gasteiger partial charge >= 0.3 is 6.03 Å². The molecule has 10 nitrogen and oxygen atoms in total. The number of carbonyl (C=O) groups excluding carboxylic acids is 2. The molecule has 0 aliphatic carbocycles. The number of sulfonamides is 1. The van der Waals surface area contributed by atoms with E-state index in [1.807, 2.05) is 20.8 Å². The summed E-state index contributed by atoms with van der Waals surface area (Å²) in [7, 11) is -2.15. The van der Waals surface area contributed by atoms with Crippen LogP contribution >= 0.6 is 0 Å². The summed E-state index contributed by atoms with van der Waals surface area (Å²) in [6, 6.07) is 12.2. The predicted molar refractivity (Wildman–Crippen MR) is 146 cm³/mol. The summed E-state index contributed by atoms with van der Waals surface area (Å²) < 4.78 is 34.7. The molecule has 2 aromatic rings. The molecule has 0 saturated carbocycles. The van der Waals surface area contributed by atoms with Crippen molar-refractivity contribution in [1.82, 2.24) is 15.1 Å². The van der Waals surface area contributed by atoms with Gasteiger partial charge in [0, 0.05) is 36.8 Å². The fourth-order valence-electron chi connectivity index (χ4n) is 4.23. The highest BCUT2D eigenvalue weighted by Gasteiger charge is 2.32. The summed E-state index contributed by atoms with van der Waals surface area (Å²) in [6.45, 7) is 7.85. The van der Waals surface area contributed by atoms with Gasteiger partial charge in [-0.2, -0.15) is 0 Å². The Kier molecular flexibility index (Phi) is 9.61. The molecule has 0 radical (unpaired) electrons. The molecule has 11 heteroatoms. The summed E-state index contributed by atoms with van der Waals surface area (Å²) >= 11 is 0. The first kappa shape index (κ1) is 29.2. The molecular weight excluding hydrogens is 508 g/mol. The number of anilines is 1. The maximum Gasteiger partial charge on any atom is 0.317 e.